The molecule has 3 nitrogen and oxygen atoms in total. The molecule has 0 amide bonds. The zero-order valence-corrected chi connectivity index (χ0v) is 13.6. The number of aryl methyl sites for hydroxylation is 1. The monoisotopic (exact) mass is 310 g/mol. The second-order valence-electron chi connectivity index (χ2n) is 5.40. The summed E-state index contributed by atoms with van der Waals surface area (Å²) in [4.78, 5) is 11.2. The Bertz CT molecular complexity index is 684. The lowest BCUT2D eigenvalue weighted by molar-refractivity contribution is -0.131. The Morgan fingerprint density at radius 1 is 1.13 bits per heavy atom. The Kier molecular flexibility index (Phi) is 5.98. The van der Waals surface area contributed by atoms with Crippen LogP contribution in [0.1, 0.15) is 36.5 Å². The lowest BCUT2D eigenvalue weighted by atomic mass is 9.95. The second-order valence-corrected chi connectivity index (χ2v) is 5.40. The number of para-hydroxylation sites is 1. The molecule has 0 saturated heterocycles. The summed E-state index contributed by atoms with van der Waals surface area (Å²) < 4.78 is 5.37. The summed E-state index contributed by atoms with van der Waals surface area (Å²) in [5, 5.41) is 9.22. The standard InChI is InChI=1S/C20H22O3/c1-3-4-7-15-10-12-16(13-11-15)18(14-20(21)22)17-8-5-6-9-19(17)23-2/h5-6,8-14H,3-4,7H2,1-2H3,(H,21,22)/b18-14-. The summed E-state index contributed by atoms with van der Waals surface area (Å²) in [6.45, 7) is 2.17. The van der Waals surface area contributed by atoms with E-state index in [1.165, 1.54) is 11.6 Å². The van der Waals surface area contributed by atoms with E-state index in [0.29, 0.717) is 11.3 Å². The maximum atomic E-state index is 11.2. The van der Waals surface area contributed by atoms with Crippen LogP contribution >= 0.6 is 0 Å². The zero-order valence-electron chi connectivity index (χ0n) is 13.6. The summed E-state index contributed by atoms with van der Waals surface area (Å²) in [6.07, 6.45) is 4.60. The van der Waals surface area contributed by atoms with Crippen molar-refractivity contribution in [2.45, 2.75) is 26.2 Å². The molecule has 0 aliphatic carbocycles. The van der Waals surface area contributed by atoms with Crippen LogP contribution < -0.4 is 4.74 Å². The van der Waals surface area contributed by atoms with Crippen LogP contribution in [0, 0.1) is 0 Å². The minimum absolute atomic E-state index is 0.650. The highest BCUT2D eigenvalue weighted by Gasteiger charge is 2.12. The highest BCUT2D eigenvalue weighted by Crippen LogP contribution is 2.31. The van der Waals surface area contributed by atoms with E-state index in [0.717, 1.165) is 30.4 Å². The molecule has 0 aromatic heterocycles. The SMILES string of the molecule is CCCCc1ccc(/C(=C/C(=O)O)c2ccccc2OC)cc1. The molecule has 2 aromatic rings. The molecule has 3 heteroatoms. The quantitative estimate of drug-likeness (QED) is 0.763. The van der Waals surface area contributed by atoms with Crippen molar-refractivity contribution in [1.82, 2.24) is 0 Å². The molecular weight excluding hydrogens is 288 g/mol. The summed E-state index contributed by atoms with van der Waals surface area (Å²) in [6, 6.07) is 15.5. The van der Waals surface area contributed by atoms with Crippen molar-refractivity contribution in [3.63, 3.8) is 0 Å². The van der Waals surface area contributed by atoms with Gasteiger partial charge in [-0.3, -0.25) is 0 Å². The van der Waals surface area contributed by atoms with Gasteiger partial charge in [0.15, 0.2) is 0 Å². The molecule has 0 atom stereocenters. The molecule has 0 heterocycles. The largest absolute Gasteiger partial charge is 0.496 e. The van der Waals surface area contributed by atoms with Gasteiger partial charge in [-0.2, -0.15) is 0 Å². The van der Waals surface area contributed by atoms with Crippen molar-refractivity contribution >= 4 is 11.5 Å². The molecular formula is C20H22O3. The van der Waals surface area contributed by atoms with Crippen LogP contribution in [0.4, 0.5) is 0 Å². The maximum absolute atomic E-state index is 11.2. The van der Waals surface area contributed by atoms with Crippen molar-refractivity contribution in [2.75, 3.05) is 7.11 Å². The first-order chi connectivity index (χ1) is 11.2. The fourth-order valence-corrected chi connectivity index (χ4v) is 2.54. The highest BCUT2D eigenvalue weighted by molar-refractivity contribution is 5.96. The third-order valence-electron chi connectivity index (χ3n) is 3.75. The number of aliphatic carboxylic acids is 1. The average Bonchev–Trinajstić information content (AvgIpc) is 2.58. The Morgan fingerprint density at radius 2 is 1.83 bits per heavy atom. The van der Waals surface area contributed by atoms with E-state index < -0.39 is 5.97 Å². The van der Waals surface area contributed by atoms with E-state index in [1.54, 1.807) is 7.11 Å². The molecule has 2 rings (SSSR count). The smallest absolute Gasteiger partial charge is 0.328 e. The summed E-state index contributed by atoms with van der Waals surface area (Å²) in [5.74, 6) is -0.309. The molecule has 2 aromatic carbocycles. The molecule has 0 aliphatic rings. The number of carbonyl (C=O) groups is 1. The third kappa shape index (κ3) is 4.46. The van der Waals surface area contributed by atoms with Crippen LogP contribution in [0.5, 0.6) is 5.75 Å². The summed E-state index contributed by atoms with van der Waals surface area (Å²) in [5.41, 5.74) is 3.57. The van der Waals surface area contributed by atoms with Gasteiger partial charge >= 0.3 is 5.97 Å². The third-order valence-corrected chi connectivity index (χ3v) is 3.75. The zero-order chi connectivity index (χ0) is 16.7. The van der Waals surface area contributed by atoms with E-state index in [2.05, 4.69) is 19.1 Å². The van der Waals surface area contributed by atoms with E-state index in [-0.39, 0.29) is 0 Å². The van der Waals surface area contributed by atoms with Gasteiger partial charge in [-0.15, -0.1) is 0 Å². The van der Waals surface area contributed by atoms with E-state index >= 15 is 0 Å². The van der Waals surface area contributed by atoms with Gasteiger partial charge in [-0.05, 0) is 35.6 Å². The van der Waals surface area contributed by atoms with Crippen LogP contribution in [0.15, 0.2) is 54.6 Å². The number of ether oxygens (including phenoxy) is 1. The molecule has 0 spiro atoms. The van der Waals surface area contributed by atoms with Crippen LogP contribution in [-0.4, -0.2) is 18.2 Å². The fraction of sp³-hybridized carbons (Fsp3) is 0.250. The molecule has 0 bridgehead atoms. The number of rotatable bonds is 7. The molecule has 1 N–H and O–H groups in total. The first-order valence-corrected chi connectivity index (χ1v) is 7.83. The molecule has 0 unspecified atom stereocenters. The van der Waals surface area contributed by atoms with Crippen molar-refractivity contribution < 1.29 is 14.6 Å². The molecule has 0 aliphatic heterocycles. The normalized spacial score (nSPS) is 11.3. The van der Waals surface area contributed by atoms with Gasteiger partial charge < -0.3 is 9.84 Å². The number of carboxylic acids is 1. The van der Waals surface area contributed by atoms with Crippen LogP contribution in [0.3, 0.4) is 0 Å². The molecule has 120 valence electrons. The number of hydrogen-bond acceptors (Lipinski definition) is 2. The Labute approximate surface area is 137 Å². The number of hydrogen-bond donors (Lipinski definition) is 1. The lowest BCUT2D eigenvalue weighted by Crippen LogP contribution is -1.98. The lowest BCUT2D eigenvalue weighted by Gasteiger charge is -2.12. The number of unbranched alkanes of at least 4 members (excludes halogenated alkanes) is 1. The van der Waals surface area contributed by atoms with Crippen molar-refractivity contribution in [3.8, 4) is 5.75 Å². The van der Waals surface area contributed by atoms with Gasteiger partial charge in [0.05, 0.1) is 7.11 Å². The summed E-state index contributed by atoms with van der Waals surface area (Å²) in [7, 11) is 1.59. The number of carboxylic acid groups (broad SMARTS) is 1. The maximum Gasteiger partial charge on any atom is 0.328 e. The van der Waals surface area contributed by atoms with Gasteiger partial charge in [0.25, 0.3) is 0 Å². The fourth-order valence-electron chi connectivity index (χ4n) is 2.54. The van der Waals surface area contributed by atoms with Crippen molar-refractivity contribution in [1.29, 1.82) is 0 Å². The second kappa shape index (κ2) is 8.18. The molecule has 0 saturated carbocycles. The molecule has 23 heavy (non-hydrogen) atoms. The van der Waals surface area contributed by atoms with Crippen molar-refractivity contribution in [3.05, 3.63) is 71.3 Å². The Balaban J connectivity index is 2.42. The van der Waals surface area contributed by atoms with Gasteiger partial charge in [0.1, 0.15) is 5.75 Å². The predicted octanol–water partition coefficient (Wildman–Crippen LogP) is 4.55. The minimum Gasteiger partial charge on any atom is -0.496 e. The van der Waals surface area contributed by atoms with E-state index in [4.69, 9.17) is 4.74 Å². The topological polar surface area (TPSA) is 46.5 Å². The van der Waals surface area contributed by atoms with Gasteiger partial charge in [-0.25, -0.2) is 4.79 Å². The Hall–Kier alpha value is -2.55. The van der Waals surface area contributed by atoms with Crippen LogP contribution in [0.25, 0.3) is 5.57 Å². The van der Waals surface area contributed by atoms with Gasteiger partial charge in [0.2, 0.25) is 0 Å². The van der Waals surface area contributed by atoms with Crippen LogP contribution in [-0.2, 0) is 11.2 Å². The van der Waals surface area contributed by atoms with Crippen LogP contribution in [0.2, 0.25) is 0 Å². The highest BCUT2D eigenvalue weighted by atomic mass is 16.5. The minimum atomic E-state index is -0.971. The van der Waals surface area contributed by atoms with Gasteiger partial charge in [0, 0.05) is 11.6 Å². The Morgan fingerprint density at radius 3 is 2.43 bits per heavy atom. The van der Waals surface area contributed by atoms with Gasteiger partial charge in [-0.1, -0.05) is 55.8 Å². The number of benzene rings is 2. The predicted molar refractivity (Wildman–Crippen MR) is 92.8 cm³/mol. The number of methoxy groups -OCH3 is 1. The summed E-state index contributed by atoms with van der Waals surface area (Å²) >= 11 is 0. The first-order valence-electron chi connectivity index (χ1n) is 7.83. The van der Waals surface area contributed by atoms with Crippen molar-refractivity contribution in [2.24, 2.45) is 0 Å². The molecule has 0 fully saturated rings. The average molecular weight is 310 g/mol. The van der Waals surface area contributed by atoms with E-state index in [9.17, 15) is 9.90 Å². The molecule has 0 radical (unpaired) electrons. The van der Waals surface area contributed by atoms with E-state index in [1.807, 2.05) is 36.4 Å². The first kappa shape index (κ1) is 16.8.